The number of hydrogen-bond acceptors (Lipinski definition) is 1. The van der Waals surface area contributed by atoms with Crippen LogP contribution < -0.4 is 5.32 Å². The average Bonchev–Trinajstić information content (AvgIpc) is 2.50. The first-order valence-electron chi connectivity index (χ1n) is 7.47. The Balaban J connectivity index is 1.82. The van der Waals surface area contributed by atoms with Gasteiger partial charge in [0.15, 0.2) is 0 Å². The Morgan fingerprint density at radius 2 is 1.71 bits per heavy atom. The second kappa shape index (κ2) is 6.53. The second-order valence-electron chi connectivity index (χ2n) is 5.73. The van der Waals surface area contributed by atoms with Crippen LogP contribution in [-0.4, -0.2) is 0 Å². The van der Waals surface area contributed by atoms with Crippen molar-refractivity contribution in [1.82, 2.24) is 0 Å². The van der Waals surface area contributed by atoms with Gasteiger partial charge in [0, 0.05) is 15.0 Å². The van der Waals surface area contributed by atoms with E-state index in [1.54, 1.807) is 11.1 Å². The molecule has 1 unspecified atom stereocenters. The molecule has 0 heterocycles. The van der Waals surface area contributed by atoms with Crippen molar-refractivity contribution in [1.29, 1.82) is 0 Å². The van der Waals surface area contributed by atoms with Gasteiger partial charge in [-0.05, 0) is 83.4 Å². The highest BCUT2D eigenvalue weighted by Gasteiger charge is 2.13. The number of halogens is 2. The van der Waals surface area contributed by atoms with E-state index in [4.69, 9.17) is 0 Å². The highest BCUT2D eigenvalue weighted by Crippen LogP contribution is 2.31. The van der Waals surface area contributed by atoms with Crippen LogP contribution in [0.2, 0.25) is 0 Å². The Morgan fingerprint density at radius 3 is 2.52 bits per heavy atom. The Bertz CT molecular complexity index is 652. The van der Waals surface area contributed by atoms with Crippen molar-refractivity contribution >= 4 is 37.5 Å². The van der Waals surface area contributed by atoms with Crippen LogP contribution >= 0.6 is 31.9 Å². The molecule has 0 radical (unpaired) electrons. The predicted molar refractivity (Wildman–Crippen MR) is 97.0 cm³/mol. The fourth-order valence-electron chi connectivity index (χ4n) is 2.95. The van der Waals surface area contributed by atoms with Gasteiger partial charge in [-0.15, -0.1) is 0 Å². The maximum Gasteiger partial charge on any atom is 0.0500 e. The molecule has 0 fully saturated rings. The van der Waals surface area contributed by atoms with Gasteiger partial charge in [-0.2, -0.15) is 0 Å². The molecular formula is C18H19Br2N. The first kappa shape index (κ1) is 15.1. The van der Waals surface area contributed by atoms with E-state index >= 15 is 0 Å². The summed E-state index contributed by atoms with van der Waals surface area (Å²) in [6.07, 6.45) is 5.14. The summed E-state index contributed by atoms with van der Waals surface area (Å²) < 4.78 is 2.18. The number of fused-ring (bicyclic) bond motifs is 1. The Morgan fingerprint density at radius 1 is 0.952 bits per heavy atom. The third kappa shape index (κ3) is 3.51. The van der Waals surface area contributed by atoms with E-state index < -0.39 is 0 Å². The molecule has 21 heavy (non-hydrogen) atoms. The molecule has 1 N–H and O–H groups in total. The zero-order valence-electron chi connectivity index (χ0n) is 12.1. The number of hydrogen-bond donors (Lipinski definition) is 1. The normalized spacial score (nSPS) is 15.4. The van der Waals surface area contributed by atoms with Crippen molar-refractivity contribution in [2.24, 2.45) is 0 Å². The maximum absolute atomic E-state index is 3.61. The van der Waals surface area contributed by atoms with Crippen LogP contribution in [0.15, 0.2) is 45.3 Å². The minimum Gasteiger partial charge on any atom is -0.378 e. The summed E-state index contributed by atoms with van der Waals surface area (Å²) in [4.78, 5) is 0. The molecule has 0 spiro atoms. The van der Waals surface area contributed by atoms with Crippen LogP contribution in [0.3, 0.4) is 0 Å². The van der Waals surface area contributed by atoms with E-state index in [1.807, 2.05) is 6.07 Å². The number of benzene rings is 2. The minimum atomic E-state index is 0.294. The third-order valence-electron chi connectivity index (χ3n) is 4.17. The summed E-state index contributed by atoms with van der Waals surface area (Å²) in [6.45, 7) is 2.22. The molecule has 1 nitrogen and oxygen atoms in total. The molecule has 2 aromatic carbocycles. The van der Waals surface area contributed by atoms with Crippen LogP contribution in [0.4, 0.5) is 5.69 Å². The zero-order chi connectivity index (χ0) is 14.8. The van der Waals surface area contributed by atoms with Crippen LogP contribution in [0.1, 0.15) is 42.5 Å². The summed E-state index contributed by atoms with van der Waals surface area (Å²) in [5.41, 5.74) is 5.57. The summed E-state index contributed by atoms with van der Waals surface area (Å²) >= 11 is 7.14. The second-order valence-corrected chi connectivity index (χ2v) is 7.50. The largest absolute Gasteiger partial charge is 0.378 e. The van der Waals surface area contributed by atoms with E-state index in [-0.39, 0.29) is 0 Å². The first-order chi connectivity index (χ1) is 10.1. The SMILES string of the molecule is CC(Nc1cc(Br)ccc1Br)c1ccc2c(c1)CCCC2. The third-order valence-corrected chi connectivity index (χ3v) is 5.36. The maximum atomic E-state index is 3.61. The summed E-state index contributed by atoms with van der Waals surface area (Å²) in [5, 5.41) is 3.60. The minimum absolute atomic E-state index is 0.294. The van der Waals surface area contributed by atoms with E-state index in [2.05, 4.69) is 74.4 Å². The molecule has 1 aliphatic rings. The molecule has 1 aliphatic carbocycles. The molecule has 0 aromatic heterocycles. The van der Waals surface area contributed by atoms with Crippen molar-refractivity contribution in [2.45, 2.75) is 38.6 Å². The number of rotatable bonds is 3. The highest BCUT2D eigenvalue weighted by molar-refractivity contribution is 9.11. The van der Waals surface area contributed by atoms with E-state index in [9.17, 15) is 0 Å². The molecule has 0 saturated carbocycles. The monoisotopic (exact) mass is 407 g/mol. The first-order valence-corrected chi connectivity index (χ1v) is 9.05. The van der Waals surface area contributed by atoms with Crippen LogP contribution in [0, 0.1) is 0 Å². The lowest BCUT2D eigenvalue weighted by Crippen LogP contribution is -2.09. The van der Waals surface area contributed by atoms with Gasteiger partial charge in [0.25, 0.3) is 0 Å². The Kier molecular flexibility index (Phi) is 4.70. The molecule has 0 saturated heterocycles. The van der Waals surface area contributed by atoms with Crippen molar-refractivity contribution < 1.29 is 0 Å². The Hall–Kier alpha value is -0.800. The van der Waals surface area contributed by atoms with E-state index in [1.165, 1.54) is 31.2 Å². The van der Waals surface area contributed by atoms with Gasteiger partial charge in [0.1, 0.15) is 0 Å². The van der Waals surface area contributed by atoms with Gasteiger partial charge in [-0.3, -0.25) is 0 Å². The number of aryl methyl sites for hydroxylation is 2. The molecule has 1 atom stereocenters. The van der Waals surface area contributed by atoms with Gasteiger partial charge in [0.05, 0.1) is 5.69 Å². The standard InChI is InChI=1S/C18H19Br2N/c1-12(21-18-11-16(19)8-9-17(18)20)14-7-6-13-4-2-3-5-15(13)10-14/h6-12,21H,2-5H2,1H3. The molecule has 0 amide bonds. The molecule has 0 bridgehead atoms. The topological polar surface area (TPSA) is 12.0 Å². The molecule has 3 rings (SSSR count). The summed E-state index contributed by atoms with van der Waals surface area (Å²) in [7, 11) is 0. The number of anilines is 1. The molecule has 0 aliphatic heterocycles. The van der Waals surface area contributed by atoms with Crippen LogP contribution in [0.25, 0.3) is 0 Å². The lowest BCUT2D eigenvalue weighted by atomic mass is 9.89. The van der Waals surface area contributed by atoms with Crippen molar-refractivity contribution in [3.63, 3.8) is 0 Å². The van der Waals surface area contributed by atoms with Crippen molar-refractivity contribution in [3.05, 3.63) is 62.0 Å². The van der Waals surface area contributed by atoms with E-state index in [0.29, 0.717) is 6.04 Å². The average molecular weight is 409 g/mol. The molecular weight excluding hydrogens is 390 g/mol. The summed E-state index contributed by atoms with van der Waals surface area (Å²) in [6, 6.07) is 13.5. The van der Waals surface area contributed by atoms with Gasteiger partial charge in [0.2, 0.25) is 0 Å². The fraction of sp³-hybridized carbons (Fsp3) is 0.333. The van der Waals surface area contributed by atoms with Crippen molar-refractivity contribution in [2.75, 3.05) is 5.32 Å². The lowest BCUT2D eigenvalue weighted by Gasteiger charge is -2.21. The van der Waals surface area contributed by atoms with Crippen LogP contribution in [0.5, 0.6) is 0 Å². The summed E-state index contributed by atoms with van der Waals surface area (Å²) in [5.74, 6) is 0. The zero-order valence-corrected chi connectivity index (χ0v) is 15.3. The molecule has 2 aromatic rings. The number of nitrogens with one attached hydrogen (secondary N) is 1. The predicted octanol–water partition coefficient (Wildman–Crippen LogP) is 6.26. The highest BCUT2D eigenvalue weighted by atomic mass is 79.9. The lowest BCUT2D eigenvalue weighted by molar-refractivity contribution is 0.683. The Labute approximate surface area is 143 Å². The van der Waals surface area contributed by atoms with Crippen molar-refractivity contribution in [3.8, 4) is 0 Å². The van der Waals surface area contributed by atoms with Gasteiger partial charge < -0.3 is 5.32 Å². The van der Waals surface area contributed by atoms with Gasteiger partial charge >= 0.3 is 0 Å². The van der Waals surface area contributed by atoms with Gasteiger partial charge in [-0.1, -0.05) is 34.1 Å². The molecule has 110 valence electrons. The van der Waals surface area contributed by atoms with E-state index in [0.717, 1.165) is 14.6 Å². The van der Waals surface area contributed by atoms with Gasteiger partial charge in [-0.25, -0.2) is 0 Å². The quantitative estimate of drug-likeness (QED) is 0.631. The smallest absolute Gasteiger partial charge is 0.0500 e. The fourth-order valence-corrected chi connectivity index (χ4v) is 3.67. The molecule has 3 heteroatoms. The van der Waals surface area contributed by atoms with Crippen LogP contribution in [-0.2, 0) is 12.8 Å².